The standard InChI is InChI=1S/C19H21Cl2N3O2S/c1-2-14-11-27-19(23-14)12-4-3-7-24(10-12)17(25)9-22-18(26)15-6-5-13(20)8-16(15)21/h5-6,8,11-12H,2-4,7,9-10H2,1H3,(H,22,26). The van der Waals surface area contributed by atoms with Crippen LogP contribution in [-0.2, 0) is 11.2 Å². The van der Waals surface area contributed by atoms with Crippen LogP contribution >= 0.6 is 34.5 Å². The lowest BCUT2D eigenvalue weighted by atomic mass is 9.98. The van der Waals surface area contributed by atoms with E-state index < -0.39 is 0 Å². The summed E-state index contributed by atoms with van der Waals surface area (Å²) in [5.41, 5.74) is 1.41. The van der Waals surface area contributed by atoms with Crippen LogP contribution in [0.1, 0.15) is 46.7 Å². The van der Waals surface area contributed by atoms with Crippen molar-refractivity contribution in [1.29, 1.82) is 0 Å². The summed E-state index contributed by atoms with van der Waals surface area (Å²) < 4.78 is 0. The molecule has 1 aliphatic heterocycles. The van der Waals surface area contributed by atoms with Gasteiger partial charge in [0.05, 0.1) is 27.8 Å². The number of amides is 2. The van der Waals surface area contributed by atoms with Crippen LogP contribution in [0.2, 0.25) is 10.0 Å². The van der Waals surface area contributed by atoms with Gasteiger partial charge in [0.15, 0.2) is 0 Å². The summed E-state index contributed by atoms with van der Waals surface area (Å²) in [5.74, 6) is -0.203. The van der Waals surface area contributed by atoms with E-state index in [1.54, 1.807) is 23.5 Å². The monoisotopic (exact) mass is 425 g/mol. The Balaban J connectivity index is 1.56. The smallest absolute Gasteiger partial charge is 0.253 e. The number of halogens is 2. The number of likely N-dealkylation sites (tertiary alicyclic amines) is 1. The highest BCUT2D eigenvalue weighted by molar-refractivity contribution is 7.09. The number of aromatic nitrogens is 1. The van der Waals surface area contributed by atoms with E-state index in [0.717, 1.165) is 30.0 Å². The molecule has 1 aromatic heterocycles. The highest BCUT2D eigenvalue weighted by Gasteiger charge is 2.26. The molecule has 1 aliphatic rings. The van der Waals surface area contributed by atoms with E-state index in [4.69, 9.17) is 23.2 Å². The summed E-state index contributed by atoms with van der Waals surface area (Å²) >= 11 is 13.6. The van der Waals surface area contributed by atoms with Crippen LogP contribution in [0, 0.1) is 0 Å². The average Bonchev–Trinajstić information content (AvgIpc) is 3.15. The molecule has 5 nitrogen and oxygen atoms in total. The Morgan fingerprint density at radius 2 is 2.19 bits per heavy atom. The zero-order valence-corrected chi connectivity index (χ0v) is 17.3. The molecule has 8 heteroatoms. The zero-order chi connectivity index (χ0) is 19.4. The maximum Gasteiger partial charge on any atom is 0.253 e. The molecule has 1 saturated heterocycles. The first-order valence-corrected chi connectivity index (χ1v) is 10.6. The van der Waals surface area contributed by atoms with E-state index in [2.05, 4.69) is 22.6 Å². The van der Waals surface area contributed by atoms with Crippen molar-refractivity contribution >= 4 is 46.4 Å². The van der Waals surface area contributed by atoms with Gasteiger partial charge in [-0.05, 0) is 37.5 Å². The molecule has 1 atom stereocenters. The van der Waals surface area contributed by atoms with E-state index >= 15 is 0 Å². The van der Waals surface area contributed by atoms with E-state index in [9.17, 15) is 9.59 Å². The van der Waals surface area contributed by atoms with Crippen LogP contribution in [0.15, 0.2) is 23.6 Å². The van der Waals surface area contributed by atoms with Crippen molar-refractivity contribution in [3.63, 3.8) is 0 Å². The first-order chi connectivity index (χ1) is 13.0. The molecule has 27 heavy (non-hydrogen) atoms. The molecule has 2 amide bonds. The van der Waals surface area contributed by atoms with E-state index in [1.165, 1.54) is 6.07 Å². The molecule has 1 aromatic carbocycles. The van der Waals surface area contributed by atoms with Gasteiger partial charge in [-0.15, -0.1) is 11.3 Å². The van der Waals surface area contributed by atoms with Crippen LogP contribution in [0.4, 0.5) is 0 Å². The number of hydrogen-bond donors (Lipinski definition) is 1. The lowest BCUT2D eigenvalue weighted by Gasteiger charge is -2.32. The maximum atomic E-state index is 12.6. The van der Waals surface area contributed by atoms with Crippen molar-refractivity contribution in [3.8, 4) is 0 Å². The van der Waals surface area contributed by atoms with Gasteiger partial charge >= 0.3 is 0 Å². The van der Waals surface area contributed by atoms with E-state index in [1.807, 2.05) is 4.90 Å². The summed E-state index contributed by atoms with van der Waals surface area (Å²) in [4.78, 5) is 31.3. The number of carbonyl (C=O) groups is 2. The Bertz CT molecular complexity index is 840. The first-order valence-electron chi connectivity index (χ1n) is 8.93. The van der Waals surface area contributed by atoms with Gasteiger partial charge in [0.1, 0.15) is 0 Å². The van der Waals surface area contributed by atoms with Gasteiger partial charge < -0.3 is 10.2 Å². The summed E-state index contributed by atoms with van der Waals surface area (Å²) in [6.45, 7) is 3.39. The van der Waals surface area contributed by atoms with Gasteiger partial charge in [-0.25, -0.2) is 4.98 Å². The fourth-order valence-corrected chi connectivity index (χ4v) is 4.64. The van der Waals surface area contributed by atoms with Crippen molar-refractivity contribution in [3.05, 3.63) is 49.9 Å². The fourth-order valence-electron chi connectivity index (χ4n) is 3.11. The summed E-state index contributed by atoms with van der Waals surface area (Å²) in [5, 5.41) is 6.56. The summed E-state index contributed by atoms with van der Waals surface area (Å²) in [7, 11) is 0. The molecule has 0 radical (unpaired) electrons. The lowest BCUT2D eigenvalue weighted by molar-refractivity contribution is -0.131. The minimum atomic E-state index is -0.383. The Labute approximate surface area is 172 Å². The van der Waals surface area contributed by atoms with E-state index in [-0.39, 0.29) is 29.3 Å². The van der Waals surface area contributed by atoms with E-state index in [0.29, 0.717) is 23.7 Å². The normalized spacial score (nSPS) is 17.0. The molecule has 1 fully saturated rings. The topological polar surface area (TPSA) is 62.3 Å². The second-order valence-electron chi connectivity index (χ2n) is 6.52. The SMILES string of the molecule is CCc1csc(C2CCCN(C(=O)CNC(=O)c3ccc(Cl)cc3Cl)C2)n1. The Kier molecular flexibility index (Phi) is 6.73. The van der Waals surface area contributed by atoms with Crippen molar-refractivity contribution in [1.82, 2.24) is 15.2 Å². The minimum Gasteiger partial charge on any atom is -0.343 e. The van der Waals surface area contributed by atoms with Crippen LogP contribution in [-0.4, -0.2) is 41.3 Å². The van der Waals surface area contributed by atoms with Crippen molar-refractivity contribution in [2.45, 2.75) is 32.1 Å². The number of hydrogen-bond acceptors (Lipinski definition) is 4. The minimum absolute atomic E-state index is 0.0530. The van der Waals surface area contributed by atoms with Gasteiger partial charge in [0, 0.05) is 29.4 Å². The van der Waals surface area contributed by atoms with Gasteiger partial charge in [-0.1, -0.05) is 30.1 Å². The number of nitrogens with one attached hydrogen (secondary N) is 1. The first kappa shape index (κ1) is 20.1. The highest BCUT2D eigenvalue weighted by Crippen LogP contribution is 2.29. The Hall–Kier alpha value is -1.63. The number of aryl methyl sites for hydroxylation is 1. The molecule has 0 saturated carbocycles. The zero-order valence-electron chi connectivity index (χ0n) is 15.0. The second kappa shape index (κ2) is 9.04. The van der Waals surface area contributed by atoms with Crippen molar-refractivity contribution < 1.29 is 9.59 Å². The third kappa shape index (κ3) is 5.00. The number of rotatable bonds is 5. The third-order valence-electron chi connectivity index (χ3n) is 4.63. The number of thiazole rings is 1. The van der Waals surface area contributed by atoms with Gasteiger partial charge in [-0.2, -0.15) is 0 Å². The van der Waals surface area contributed by atoms with Crippen LogP contribution in [0.25, 0.3) is 0 Å². The molecule has 3 rings (SSSR count). The molecule has 2 aromatic rings. The average molecular weight is 426 g/mol. The van der Waals surface area contributed by atoms with Crippen molar-refractivity contribution in [2.24, 2.45) is 0 Å². The molecule has 1 N–H and O–H groups in total. The number of piperidine rings is 1. The quantitative estimate of drug-likeness (QED) is 0.782. The summed E-state index contributed by atoms with van der Waals surface area (Å²) in [6.07, 6.45) is 2.90. The Morgan fingerprint density at radius 1 is 1.37 bits per heavy atom. The fraction of sp³-hybridized carbons (Fsp3) is 0.421. The summed E-state index contributed by atoms with van der Waals surface area (Å²) in [6, 6.07) is 4.65. The lowest BCUT2D eigenvalue weighted by Crippen LogP contribution is -2.44. The van der Waals surface area contributed by atoms with Crippen LogP contribution in [0.5, 0.6) is 0 Å². The number of benzene rings is 1. The van der Waals surface area contributed by atoms with Crippen LogP contribution in [0.3, 0.4) is 0 Å². The molecule has 0 bridgehead atoms. The molecule has 0 spiro atoms. The number of nitrogens with zero attached hydrogens (tertiary/aromatic N) is 2. The maximum absolute atomic E-state index is 12.6. The second-order valence-corrected chi connectivity index (χ2v) is 8.25. The molecule has 0 aliphatic carbocycles. The predicted molar refractivity (Wildman–Crippen MR) is 109 cm³/mol. The third-order valence-corrected chi connectivity index (χ3v) is 6.23. The van der Waals surface area contributed by atoms with Gasteiger partial charge in [0.25, 0.3) is 5.91 Å². The molecule has 1 unspecified atom stereocenters. The van der Waals surface area contributed by atoms with Gasteiger partial charge in [-0.3, -0.25) is 9.59 Å². The molecular weight excluding hydrogens is 405 g/mol. The highest BCUT2D eigenvalue weighted by atomic mass is 35.5. The van der Waals surface area contributed by atoms with Crippen molar-refractivity contribution in [2.75, 3.05) is 19.6 Å². The van der Waals surface area contributed by atoms with Gasteiger partial charge in [0.2, 0.25) is 5.91 Å². The largest absolute Gasteiger partial charge is 0.343 e. The molecule has 144 valence electrons. The molecular formula is C19H21Cl2N3O2S. The van der Waals surface area contributed by atoms with Crippen LogP contribution < -0.4 is 5.32 Å². The molecule has 2 heterocycles. The number of carbonyl (C=O) groups excluding carboxylic acids is 2. The Morgan fingerprint density at radius 3 is 2.89 bits per heavy atom. The predicted octanol–water partition coefficient (Wildman–Crippen LogP) is 4.15.